The summed E-state index contributed by atoms with van der Waals surface area (Å²) in [6.45, 7) is 0.391. The number of fused-ring (bicyclic) bond motifs is 1. The van der Waals surface area contributed by atoms with E-state index < -0.39 is 26.6 Å². The van der Waals surface area contributed by atoms with E-state index in [2.05, 4.69) is 4.98 Å². The molecule has 28 heavy (non-hydrogen) atoms. The molecule has 0 unspecified atom stereocenters. The summed E-state index contributed by atoms with van der Waals surface area (Å²) in [4.78, 5) is 17.8. The Bertz CT molecular complexity index is 1150. The lowest BCUT2D eigenvalue weighted by Gasteiger charge is -2.34. The zero-order chi connectivity index (χ0) is 19.9. The molecule has 1 saturated heterocycles. The van der Waals surface area contributed by atoms with E-state index in [0.717, 1.165) is 16.4 Å². The highest BCUT2D eigenvalue weighted by Crippen LogP contribution is 2.22. The molecule has 1 aliphatic heterocycles. The Kier molecular flexibility index (Phi) is 4.60. The Morgan fingerprint density at radius 3 is 2.50 bits per heavy atom. The van der Waals surface area contributed by atoms with E-state index >= 15 is 0 Å². The van der Waals surface area contributed by atoms with E-state index in [1.165, 1.54) is 0 Å². The summed E-state index contributed by atoms with van der Waals surface area (Å²) >= 11 is 0. The number of carbonyl (C=O) groups excluding carboxylic acids is 1. The van der Waals surface area contributed by atoms with Gasteiger partial charge in [-0.15, -0.1) is 0 Å². The highest BCUT2D eigenvalue weighted by Gasteiger charge is 2.32. The number of hydrogen-bond acceptors (Lipinski definition) is 4. The van der Waals surface area contributed by atoms with Gasteiger partial charge in [0.2, 0.25) is 10.0 Å². The lowest BCUT2D eigenvalue weighted by Crippen LogP contribution is -2.50. The van der Waals surface area contributed by atoms with Crippen LogP contribution in [0, 0.1) is 11.6 Å². The zero-order valence-electron chi connectivity index (χ0n) is 14.6. The van der Waals surface area contributed by atoms with Gasteiger partial charge in [-0.2, -0.15) is 4.31 Å². The van der Waals surface area contributed by atoms with E-state index in [1.807, 2.05) is 0 Å². The molecule has 3 aromatic rings. The molecule has 0 spiro atoms. The molecule has 3 heterocycles. The van der Waals surface area contributed by atoms with Crippen molar-refractivity contribution >= 4 is 21.6 Å². The van der Waals surface area contributed by atoms with Gasteiger partial charge >= 0.3 is 0 Å². The number of halogens is 2. The standard InChI is InChI=1S/C18H16F2N4O3S/c19-14-2-3-16(15(20)11-14)28(26,27)24-9-7-22(8-10-24)18(25)13-1-4-17-21-5-6-23(17)12-13/h1-6,11-12H,7-10H2. The van der Waals surface area contributed by atoms with Gasteiger partial charge in [-0.05, 0) is 24.3 Å². The number of aromatic nitrogens is 2. The van der Waals surface area contributed by atoms with Crippen LogP contribution in [0.4, 0.5) is 8.78 Å². The minimum atomic E-state index is -4.10. The van der Waals surface area contributed by atoms with Crippen molar-refractivity contribution in [1.29, 1.82) is 0 Å². The topological polar surface area (TPSA) is 75.0 Å². The molecule has 1 amide bonds. The van der Waals surface area contributed by atoms with Crippen molar-refractivity contribution < 1.29 is 22.0 Å². The molecule has 0 radical (unpaired) electrons. The molecule has 146 valence electrons. The number of pyridine rings is 1. The first kappa shape index (κ1) is 18.5. The maximum atomic E-state index is 13.9. The summed E-state index contributed by atoms with van der Waals surface area (Å²) in [5.41, 5.74) is 1.18. The van der Waals surface area contributed by atoms with Gasteiger partial charge in [0.15, 0.2) is 0 Å². The zero-order valence-corrected chi connectivity index (χ0v) is 15.4. The molecule has 7 nitrogen and oxygen atoms in total. The average molecular weight is 406 g/mol. The second kappa shape index (κ2) is 6.95. The molecule has 0 bridgehead atoms. The van der Waals surface area contributed by atoms with Crippen LogP contribution < -0.4 is 0 Å². The quantitative estimate of drug-likeness (QED) is 0.664. The van der Waals surface area contributed by atoms with Crippen LogP contribution >= 0.6 is 0 Å². The number of piperazine rings is 1. The van der Waals surface area contributed by atoms with E-state index in [9.17, 15) is 22.0 Å². The number of benzene rings is 1. The van der Waals surface area contributed by atoms with Crippen LogP contribution in [-0.2, 0) is 10.0 Å². The minimum absolute atomic E-state index is 0.0260. The summed E-state index contributed by atoms with van der Waals surface area (Å²) in [7, 11) is -4.10. The van der Waals surface area contributed by atoms with Crippen LogP contribution in [0.5, 0.6) is 0 Å². The van der Waals surface area contributed by atoms with E-state index in [1.54, 1.807) is 40.0 Å². The van der Waals surface area contributed by atoms with Crippen LogP contribution in [0.3, 0.4) is 0 Å². The van der Waals surface area contributed by atoms with Crippen LogP contribution in [0.15, 0.2) is 53.8 Å². The Hall–Kier alpha value is -2.85. The lowest BCUT2D eigenvalue weighted by molar-refractivity contribution is 0.0697. The van der Waals surface area contributed by atoms with Gasteiger partial charge in [-0.1, -0.05) is 0 Å². The molecular weight excluding hydrogens is 390 g/mol. The Morgan fingerprint density at radius 2 is 1.79 bits per heavy atom. The number of nitrogens with zero attached hydrogens (tertiary/aromatic N) is 4. The van der Waals surface area contributed by atoms with Crippen LogP contribution in [0.1, 0.15) is 10.4 Å². The molecule has 10 heteroatoms. The van der Waals surface area contributed by atoms with Crippen LogP contribution in [0.25, 0.3) is 5.65 Å². The molecule has 0 N–H and O–H groups in total. The van der Waals surface area contributed by atoms with Crippen molar-refractivity contribution in [3.8, 4) is 0 Å². The first-order valence-electron chi connectivity index (χ1n) is 8.53. The highest BCUT2D eigenvalue weighted by atomic mass is 32.2. The number of carbonyl (C=O) groups is 1. The SMILES string of the molecule is O=C(c1ccc2nccn2c1)N1CCN(S(=O)(=O)c2ccc(F)cc2F)CC1. The molecule has 0 saturated carbocycles. The maximum Gasteiger partial charge on any atom is 0.255 e. The van der Waals surface area contributed by atoms with Crippen molar-refractivity contribution in [2.75, 3.05) is 26.2 Å². The van der Waals surface area contributed by atoms with Gasteiger partial charge in [0, 0.05) is 50.8 Å². The predicted molar refractivity (Wildman–Crippen MR) is 96.2 cm³/mol. The summed E-state index contributed by atoms with van der Waals surface area (Å²) in [5.74, 6) is -2.20. The summed E-state index contributed by atoms with van der Waals surface area (Å²) in [5, 5.41) is 0. The number of amides is 1. The molecule has 1 fully saturated rings. The molecule has 1 aliphatic rings. The predicted octanol–water partition coefficient (Wildman–Crippen LogP) is 1.76. The fourth-order valence-electron chi connectivity index (χ4n) is 3.18. The molecule has 2 aromatic heterocycles. The highest BCUT2D eigenvalue weighted by molar-refractivity contribution is 7.89. The third-order valence-electron chi connectivity index (χ3n) is 4.67. The fourth-order valence-corrected chi connectivity index (χ4v) is 4.65. The monoisotopic (exact) mass is 406 g/mol. The smallest absolute Gasteiger partial charge is 0.255 e. The summed E-state index contributed by atoms with van der Waals surface area (Å²) in [6, 6.07) is 5.76. The largest absolute Gasteiger partial charge is 0.336 e. The number of sulfonamides is 1. The molecular formula is C18H16F2N4O3S. The van der Waals surface area contributed by atoms with Crippen molar-refractivity contribution in [3.05, 3.63) is 66.1 Å². The minimum Gasteiger partial charge on any atom is -0.336 e. The van der Waals surface area contributed by atoms with Gasteiger partial charge in [-0.25, -0.2) is 22.2 Å². The van der Waals surface area contributed by atoms with E-state index in [4.69, 9.17) is 0 Å². The fraction of sp³-hybridized carbons (Fsp3) is 0.222. The molecule has 1 aromatic carbocycles. The van der Waals surface area contributed by atoms with Gasteiger partial charge in [-0.3, -0.25) is 4.79 Å². The third kappa shape index (κ3) is 3.25. The molecule has 0 atom stereocenters. The summed E-state index contributed by atoms with van der Waals surface area (Å²) in [6.07, 6.45) is 5.03. The average Bonchev–Trinajstić information content (AvgIpc) is 3.15. The first-order valence-corrected chi connectivity index (χ1v) is 9.97. The normalized spacial score (nSPS) is 15.9. The van der Waals surface area contributed by atoms with E-state index in [0.29, 0.717) is 17.3 Å². The number of imidazole rings is 1. The Labute approximate surface area is 159 Å². The first-order chi connectivity index (χ1) is 13.4. The van der Waals surface area contributed by atoms with Gasteiger partial charge < -0.3 is 9.30 Å². The Balaban J connectivity index is 1.48. The van der Waals surface area contributed by atoms with Gasteiger partial charge in [0.25, 0.3) is 5.91 Å². The van der Waals surface area contributed by atoms with Crippen LogP contribution in [0.2, 0.25) is 0 Å². The summed E-state index contributed by atoms with van der Waals surface area (Å²) < 4.78 is 55.1. The van der Waals surface area contributed by atoms with Gasteiger partial charge in [0.1, 0.15) is 22.2 Å². The second-order valence-electron chi connectivity index (χ2n) is 6.38. The Morgan fingerprint density at radius 1 is 1.04 bits per heavy atom. The van der Waals surface area contributed by atoms with Crippen molar-refractivity contribution in [1.82, 2.24) is 18.6 Å². The van der Waals surface area contributed by atoms with Crippen molar-refractivity contribution in [2.45, 2.75) is 4.90 Å². The molecule has 4 rings (SSSR count). The lowest BCUT2D eigenvalue weighted by atomic mass is 10.2. The van der Waals surface area contributed by atoms with Gasteiger partial charge in [0.05, 0.1) is 5.56 Å². The molecule has 0 aliphatic carbocycles. The van der Waals surface area contributed by atoms with Crippen LogP contribution in [-0.4, -0.2) is 59.1 Å². The number of rotatable bonds is 3. The second-order valence-corrected chi connectivity index (χ2v) is 8.29. The third-order valence-corrected chi connectivity index (χ3v) is 6.61. The van der Waals surface area contributed by atoms with Crippen molar-refractivity contribution in [2.24, 2.45) is 0 Å². The van der Waals surface area contributed by atoms with E-state index in [-0.39, 0.29) is 32.1 Å². The maximum absolute atomic E-state index is 13.9. The van der Waals surface area contributed by atoms with Crippen molar-refractivity contribution in [3.63, 3.8) is 0 Å². The number of hydrogen-bond donors (Lipinski definition) is 0.